The van der Waals surface area contributed by atoms with Gasteiger partial charge in [-0.1, -0.05) is 6.92 Å². The van der Waals surface area contributed by atoms with E-state index in [2.05, 4.69) is 0 Å². The first-order valence-corrected chi connectivity index (χ1v) is 9.67. The van der Waals surface area contributed by atoms with E-state index in [9.17, 15) is 19.8 Å². The molecule has 2 saturated heterocycles. The predicted octanol–water partition coefficient (Wildman–Crippen LogP) is 1.73. The lowest BCUT2D eigenvalue weighted by Gasteiger charge is -2.60. The molecule has 0 radical (unpaired) electrons. The maximum absolute atomic E-state index is 13.3. The van der Waals surface area contributed by atoms with Gasteiger partial charge in [-0.2, -0.15) is 0 Å². The number of fused-ring (bicyclic) bond motifs is 1. The third kappa shape index (κ3) is 1.84. The Hall–Kier alpha value is -1.86. The third-order valence-corrected chi connectivity index (χ3v) is 7.94. The first-order chi connectivity index (χ1) is 12.9. The molecule has 0 amide bonds. The molecule has 1 aromatic rings. The number of hydrogen-bond acceptors (Lipinski definition) is 7. The molecule has 2 saturated carbocycles. The molecule has 2 spiro atoms. The zero-order chi connectivity index (χ0) is 19.0. The summed E-state index contributed by atoms with van der Waals surface area (Å²) in [5.74, 6) is -1.49. The lowest BCUT2D eigenvalue weighted by atomic mass is 9.42. The van der Waals surface area contributed by atoms with Gasteiger partial charge >= 0.3 is 11.9 Å². The first-order valence-electron chi connectivity index (χ1n) is 9.67. The molecule has 4 fully saturated rings. The zero-order valence-corrected chi connectivity index (χ0v) is 15.2. The van der Waals surface area contributed by atoms with Crippen molar-refractivity contribution in [3.63, 3.8) is 0 Å². The van der Waals surface area contributed by atoms with Crippen molar-refractivity contribution < 1.29 is 33.7 Å². The zero-order valence-electron chi connectivity index (χ0n) is 15.2. The van der Waals surface area contributed by atoms with Crippen LogP contribution in [-0.4, -0.2) is 40.5 Å². The number of esters is 2. The topological polar surface area (TPSA) is 106 Å². The van der Waals surface area contributed by atoms with E-state index in [1.807, 2.05) is 6.92 Å². The predicted molar refractivity (Wildman–Crippen MR) is 90.1 cm³/mol. The van der Waals surface area contributed by atoms with Gasteiger partial charge in [0.05, 0.1) is 29.5 Å². The highest BCUT2D eigenvalue weighted by atomic mass is 16.6. The van der Waals surface area contributed by atoms with Gasteiger partial charge in [0.2, 0.25) is 0 Å². The average molecular weight is 376 g/mol. The van der Waals surface area contributed by atoms with Gasteiger partial charge in [0, 0.05) is 12.0 Å². The quantitative estimate of drug-likeness (QED) is 0.719. The van der Waals surface area contributed by atoms with E-state index in [1.165, 1.54) is 0 Å². The smallest absolute Gasteiger partial charge is 0.338 e. The molecule has 3 heterocycles. The maximum Gasteiger partial charge on any atom is 0.338 e. The van der Waals surface area contributed by atoms with Gasteiger partial charge in [-0.15, -0.1) is 0 Å². The molecule has 2 unspecified atom stereocenters. The highest BCUT2D eigenvalue weighted by Gasteiger charge is 2.78. The summed E-state index contributed by atoms with van der Waals surface area (Å²) >= 11 is 0. The Morgan fingerprint density at radius 3 is 2.81 bits per heavy atom. The number of ether oxygens (including phenoxy) is 2. The minimum atomic E-state index is -1.74. The van der Waals surface area contributed by atoms with Crippen molar-refractivity contribution in [2.75, 3.05) is 6.61 Å². The Morgan fingerprint density at radius 1 is 1.26 bits per heavy atom. The summed E-state index contributed by atoms with van der Waals surface area (Å²) in [6.07, 6.45) is 4.08. The molecular weight excluding hydrogens is 352 g/mol. The molecule has 7 nitrogen and oxygen atoms in total. The highest BCUT2D eigenvalue weighted by Crippen LogP contribution is 2.69. The lowest BCUT2D eigenvalue weighted by Crippen LogP contribution is -2.69. The fourth-order valence-electron chi connectivity index (χ4n) is 6.58. The van der Waals surface area contributed by atoms with Crippen LogP contribution in [0.5, 0.6) is 0 Å². The fraction of sp³-hybridized carbons (Fsp3) is 0.700. The Morgan fingerprint density at radius 2 is 2.07 bits per heavy atom. The average Bonchev–Trinajstić information content (AvgIpc) is 3.32. The van der Waals surface area contributed by atoms with Gasteiger partial charge in [0.25, 0.3) is 0 Å². The summed E-state index contributed by atoms with van der Waals surface area (Å²) in [6.45, 7) is 1.91. The summed E-state index contributed by atoms with van der Waals surface area (Å²) in [5.41, 5.74) is -2.95. The van der Waals surface area contributed by atoms with Crippen molar-refractivity contribution in [3.8, 4) is 0 Å². The van der Waals surface area contributed by atoms with E-state index < -0.39 is 34.6 Å². The van der Waals surface area contributed by atoms with Gasteiger partial charge in [-0.05, 0) is 43.6 Å². The third-order valence-electron chi connectivity index (χ3n) is 7.94. The minimum Gasteiger partial charge on any atom is -0.472 e. The second-order valence-corrected chi connectivity index (χ2v) is 8.77. The largest absolute Gasteiger partial charge is 0.472 e. The number of carbonyl (C=O) groups is 2. The number of carbonyl (C=O) groups excluding carboxylic acids is 2. The molecule has 7 atom stereocenters. The monoisotopic (exact) mass is 376 g/mol. The molecule has 146 valence electrons. The second-order valence-electron chi connectivity index (χ2n) is 8.77. The summed E-state index contributed by atoms with van der Waals surface area (Å²) < 4.78 is 16.2. The molecule has 1 aromatic heterocycles. The van der Waals surface area contributed by atoms with Crippen LogP contribution in [0.3, 0.4) is 0 Å². The van der Waals surface area contributed by atoms with Gasteiger partial charge in [-0.25, -0.2) is 4.79 Å². The van der Waals surface area contributed by atoms with Crippen LogP contribution in [0.15, 0.2) is 23.0 Å². The molecule has 2 N–H and O–H groups in total. The number of hydrogen-bond donors (Lipinski definition) is 2. The molecule has 7 heteroatoms. The van der Waals surface area contributed by atoms with E-state index >= 15 is 0 Å². The minimum absolute atomic E-state index is 0.0493. The van der Waals surface area contributed by atoms with Crippen molar-refractivity contribution in [2.45, 2.75) is 56.8 Å². The molecule has 0 aromatic carbocycles. The van der Waals surface area contributed by atoms with E-state index in [0.29, 0.717) is 25.7 Å². The van der Waals surface area contributed by atoms with Crippen LogP contribution < -0.4 is 0 Å². The molecule has 2 aliphatic heterocycles. The second kappa shape index (κ2) is 5.35. The normalized spacial score (nSPS) is 48.9. The van der Waals surface area contributed by atoms with Crippen molar-refractivity contribution >= 4 is 11.9 Å². The standard InChI is InChI=1S/C20H24O7/c1-11-7-15(21)19-10-26-17(23)20(19,24)5-2-3-14(19)18(11)8-13(27-16(18)22)12-4-6-25-9-12/h4,6,9,11,13-15,21,24H,2-3,5,7-8,10H2,1H3/t11-,13+,14-,15+,18?,19?,20-/m1/s1. The fourth-order valence-corrected chi connectivity index (χ4v) is 6.58. The highest BCUT2D eigenvalue weighted by molar-refractivity contribution is 5.85. The van der Waals surface area contributed by atoms with E-state index in [4.69, 9.17) is 13.9 Å². The van der Waals surface area contributed by atoms with Crippen LogP contribution in [0, 0.1) is 22.7 Å². The number of aliphatic hydroxyl groups is 2. The number of cyclic esters (lactones) is 2. The Bertz CT molecular complexity index is 788. The van der Waals surface area contributed by atoms with Gasteiger partial charge in [0.1, 0.15) is 12.7 Å². The van der Waals surface area contributed by atoms with Crippen LogP contribution in [-0.2, 0) is 19.1 Å². The van der Waals surface area contributed by atoms with Crippen molar-refractivity contribution in [1.29, 1.82) is 0 Å². The van der Waals surface area contributed by atoms with Crippen LogP contribution in [0.25, 0.3) is 0 Å². The molecular formula is C20H24O7. The number of furan rings is 1. The van der Waals surface area contributed by atoms with Crippen LogP contribution >= 0.6 is 0 Å². The molecule has 0 bridgehead atoms. The molecule has 5 rings (SSSR count). The number of rotatable bonds is 1. The SMILES string of the molecule is C[C@@H]1C[C@H](O)C23COC(=O)[C@]2(O)CCC[C@@H]3C12C[C@@H](c1ccoc1)OC2=O. The van der Waals surface area contributed by atoms with E-state index in [0.717, 1.165) is 5.56 Å². The summed E-state index contributed by atoms with van der Waals surface area (Å²) in [7, 11) is 0. The van der Waals surface area contributed by atoms with Gasteiger partial charge in [-0.3, -0.25) is 4.79 Å². The first kappa shape index (κ1) is 17.3. The molecule has 2 aliphatic carbocycles. The van der Waals surface area contributed by atoms with Crippen molar-refractivity contribution in [2.24, 2.45) is 22.7 Å². The van der Waals surface area contributed by atoms with Crippen molar-refractivity contribution in [1.82, 2.24) is 0 Å². The Balaban J connectivity index is 1.63. The van der Waals surface area contributed by atoms with Gasteiger partial charge < -0.3 is 24.1 Å². The molecule has 27 heavy (non-hydrogen) atoms. The lowest BCUT2D eigenvalue weighted by molar-refractivity contribution is -0.231. The van der Waals surface area contributed by atoms with Gasteiger partial charge in [0.15, 0.2) is 5.60 Å². The number of aliphatic hydroxyl groups excluding tert-OH is 1. The van der Waals surface area contributed by atoms with Crippen LogP contribution in [0.4, 0.5) is 0 Å². The van der Waals surface area contributed by atoms with Crippen LogP contribution in [0.1, 0.15) is 50.7 Å². The van der Waals surface area contributed by atoms with E-state index in [-0.39, 0.29) is 30.8 Å². The van der Waals surface area contributed by atoms with E-state index in [1.54, 1.807) is 18.6 Å². The van der Waals surface area contributed by atoms with Crippen LogP contribution in [0.2, 0.25) is 0 Å². The van der Waals surface area contributed by atoms with Crippen molar-refractivity contribution in [3.05, 3.63) is 24.2 Å². The Labute approximate surface area is 156 Å². The summed E-state index contributed by atoms with van der Waals surface area (Å²) in [4.78, 5) is 25.7. The Kier molecular flexibility index (Phi) is 3.42. The molecule has 4 aliphatic rings. The maximum atomic E-state index is 13.3. The summed E-state index contributed by atoms with van der Waals surface area (Å²) in [6, 6.07) is 1.79. The summed E-state index contributed by atoms with van der Waals surface area (Å²) in [5, 5.41) is 22.3.